The van der Waals surface area contributed by atoms with E-state index in [2.05, 4.69) is 24.1 Å². The lowest BCUT2D eigenvalue weighted by atomic mass is 9.93. The average molecular weight is 549 g/mol. The van der Waals surface area contributed by atoms with Gasteiger partial charge in [0.05, 0.1) is 10.6 Å². The normalized spacial score (nSPS) is 20.5. The van der Waals surface area contributed by atoms with Crippen LogP contribution in [0.2, 0.25) is 0 Å². The van der Waals surface area contributed by atoms with E-state index in [4.69, 9.17) is 4.74 Å². The molecule has 212 valence electrons. The molecule has 1 saturated carbocycles. The molecule has 2 fully saturated rings. The Kier molecular flexibility index (Phi) is 10.1. The van der Waals surface area contributed by atoms with Gasteiger partial charge in [0, 0.05) is 38.3 Å². The van der Waals surface area contributed by atoms with Crippen molar-refractivity contribution in [1.82, 2.24) is 14.5 Å². The van der Waals surface area contributed by atoms with E-state index in [1.807, 2.05) is 0 Å². The lowest BCUT2D eigenvalue weighted by Crippen LogP contribution is -2.49. The van der Waals surface area contributed by atoms with Gasteiger partial charge in [-0.25, -0.2) is 8.42 Å². The third kappa shape index (κ3) is 6.87. The molecule has 10 heteroatoms. The molecular formula is C28H44N4O5S. The van der Waals surface area contributed by atoms with Crippen molar-refractivity contribution in [3.8, 4) is 5.75 Å². The number of sulfonamides is 1. The molecule has 1 aromatic rings. The fraction of sp³-hybridized carbons (Fsp3) is 0.714. The lowest BCUT2D eigenvalue weighted by molar-refractivity contribution is -0.125. The molecule has 1 unspecified atom stereocenters. The maximum atomic E-state index is 13.3. The molecule has 1 N–H and O–H groups in total. The molecule has 0 bridgehead atoms. The highest BCUT2D eigenvalue weighted by Crippen LogP contribution is 2.35. The van der Waals surface area contributed by atoms with Gasteiger partial charge in [-0.05, 0) is 57.2 Å². The van der Waals surface area contributed by atoms with Crippen LogP contribution in [0.15, 0.2) is 23.1 Å². The van der Waals surface area contributed by atoms with E-state index in [0.717, 1.165) is 38.6 Å². The van der Waals surface area contributed by atoms with Gasteiger partial charge >= 0.3 is 0 Å². The van der Waals surface area contributed by atoms with Crippen LogP contribution in [-0.4, -0.2) is 80.9 Å². The molecule has 38 heavy (non-hydrogen) atoms. The predicted octanol–water partition coefficient (Wildman–Crippen LogP) is 3.53. The fourth-order valence-corrected chi connectivity index (χ4v) is 7.42. The van der Waals surface area contributed by atoms with Crippen molar-refractivity contribution < 1.29 is 22.7 Å². The van der Waals surface area contributed by atoms with Gasteiger partial charge in [0.2, 0.25) is 15.9 Å². The van der Waals surface area contributed by atoms with Crippen molar-refractivity contribution in [2.45, 2.75) is 95.0 Å². The molecule has 0 radical (unpaired) electrons. The van der Waals surface area contributed by atoms with Crippen LogP contribution in [0.5, 0.6) is 5.75 Å². The largest absolute Gasteiger partial charge is 0.482 e. The first-order valence-electron chi connectivity index (χ1n) is 14.4. The van der Waals surface area contributed by atoms with Crippen molar-refractivity contribution in [1.29, 1.82) is 0 Å². The predicted molar refractivity (Wildman–Crippen MR) is 148 cm³/mol. The monoisotopic (exact) mass is 548 g/mol. The summed E-state index contributed by atoms with van der Waals surface area (Å²) in [6.07, 6.45) is 11.0. The number of rotatable bonds is 10. The molecule has 1 aliphatic carbocycles. The Hall–Kier alpha value is -2.17. The summed E-state index contributed by atoms with van der Waals surface area (Å²) in [7, 11) is -3.70. The number of hydrogen-bond donors (Lipinski definition) is 1. The van der Waals surface area contributed by atoms with Gasteiger partial charge in [-0.15, -0.1) is 0 Å². The Morgan fingerprint density at radius 3 is 2.47 bits per heavy atom. The van der Waals surface area contributed by atoms with E-state index in [1.54, 1.807) is 6.07 Å². The Bertz CT molecular complexity index is 1070. The van der Waals surface area contributed by atoms with Gasteiger partial charge in [-0.2, -0.15) is 4.31 Å². The topological polar surface area (TPSA) is 99.3 Å². The summed E-state index contributed by atoms with van der Waals surface area (Å²) in [5, 5.41) is 2.99. The summed E-state index contributed by atoms with van der Waals surface area (Å²) in [5.41, 5.74) is 0.329. The molecule has 9 nitrogen and oxygen atoms in total. The van der Waals surface area contributed by atoms with E-state index < -0.39 is 10.0 Å². The number of nitrogens with zero attached hydrogens (tertiary/aromatic N) is 3. The number of benzene rings is 1. The SMILES string of the molecule is CCC(C)N(CCNC(=O)CN1C(=O)COc2ccc(S(=O)(=O)N3CCCCCC3)cc21)C1CCCCC1. The minimum Gasteiger partial charge on any atom is -0.482 e. The van der Waals surface area contributed by atoms with Crippen molar-refractivity contribution in [3.05, 3.63) is 18.2 Å². The standard InChI is InChI=1S/C28H44N4O5S/c1-3-22(2)31(23-11-7-6-8-12-23)18-15-29-27(33)20-32-25-19-24(13-14-26(25)37-21-28(32)34)38(35,36)30-16-9-4-5-10-17-30/h13-14,19,22-23H,3-12,15-18,20-21H2,1-2H3,(H,29,33). The van der Waals surface area contributed by atoms with E-state index in [0.29, 0.717) is 43.2 Å². The van der Waals surface area contributed by atoms with Gasteiger partial charge in [0.25, 0.3) is 5.91 Å². The average Bonchev–Trinajstić information content (AvgIpc) is 3.23. The Morgan fingerprint density at radius 1 is 1.11 bits per heavy atom. The first-order valence-corrected chi connectivity index (χ1v) is 15.8. The van der Waals surface area contributed by atoms with Crippen molar-refractivity contribution in [3.63, 3.8) is 0 Å². The van der Waals surface area contributed by atoms with Gasteiger partial charge in [0.1, 0.15) is 12.3 Å². The maximum absolute atomic E-state index is 13.3. The van der Waals surface area contributed by atoms with E-state index in [1.165, 1.54) is 53.4 Å². The zero-order chi connectivity index (χ0) is 27.1. The van der Waals surface area contributed by atoms with Gasteiger partial charge in [-0.3, -0.25) is 19.4 Å². The Balaban J connectivity index is 1.42. The van der Waals surface area contributed by atoms with Crippen LogP contribution < -0.4 is 15.0 Å². The highest BCUT2D eigenvalue weighted by atomic mass is 32.2. The third-order valence-electron chi connectivity index (χ3n) is 8.27. The summed E-state index contributed by atoms with van der Waals surface area (Å²) in [6.45, 7) is 6.37. The molecule has 0 spiro atoms. The molecule has 1 saturated heterocycles. The van der Waals surface area contributed by atoms with Crippen LogP contribution in [0, 0.1) is 0 Å². The molecule has 1 aromatic carbocycles. The fourth-order valence-electron chi connectivity index (χ4n) is 5.88. The molecule has 2 amide bonds. The molecule has 1 atom stereocenters. The van der Waals surface area contributed by atoms with Crippen LogP contribution in [0.3, 0.4) is 0 Å². The minimum atomic E-state index is -3.70. The number of carbonyl (C=O) groups excluding carboxylic acids is 2. The van der Waals surface area contributed by atoms with E-state index >= 15 is 0 Å². The second-order valence-corrected chi connectivity index (χ2v) is 12.8. The Labute approximate surface area is 227 Å². The molecule has 2 aliphatic heterocycles. The number of anilines is 1. The van der Waals surface area contributed by atoms with Crippen LogP contribution >= 0.6 is 0 Å². The number of fused-ring (bicyclic) bond motifs is 1. The number of nitrogens with one attached hydrogen (secondary N) is 1. The number of amides is 2. The third-order valence-corrected chi connectivity index (χ3v) is 10.2. The number of ether oxygens (including phenoxy) is 1. The Morgan fingerprint density at radius 2 is 1.79 bits per heavy atom. The summed E-state index contributed by atoms with van der Waals surface area (Å²) in [6, 6.07) is 5.61. The summed E-state index contributed by atoms with van der Waals surface area (Å²) in [4.78, 5) is 29.7. The number of carbonyl (C=O) groups is 2. The van der Waals surface area contributed by atoms with Crippen LogP contribution in [0.25, 0.3) is 0 Å². The first-order chi connectivity index (χ1) is 18.3. The molecular weight excluding hydrogens is 504 g/mol. The molecule has 0 aromatic heterocycles. The van der Waals surface area contributed by atoms with Gasteiger partial charge in [0.15, 0.2) is 6.61 Å². The van der Waals surface area contributed by atoms with Crippen molar-refractivity contribution >= 4 is 27.5 Å². The zero-order valence-electron chi connectivity index (χ0n) is 23.0. The maximum Gasteiger partial charge on any atom is 0.265 e. The number of hydrogen-bond acceptors (Lipinski definition) is 6. The van der Waals surface area contributed by atoms with Crippen LogP contribution in [0.4, 0.5) is 5.69 Å². The van der Waals surface area contributed by atoms with Crippen LogP contribution in [-0.2, 0) is 19.6 Å². The summed E-state index contributed by atoms with van der Waals surface area (Å²) >= 11 is 0. The first kappa shape index (κ1) is 28.8. The van der Waals surface area contributed by atoms with Crippen molar-refractivity contribution in [2.75, 3.05) is 44.2 Å². The minimum absolute atomic E-state index is 0.124. The summed E-state index contributed by atoms with van der Waals surface area (Å²) < 4.78 is 33.8. The highest BCUT2D eigenvalue weighted by Gasteiger charge is 2.32. The highest BCUT2D eigenvalue weighted by molar-refractivity contribution is 7.89. The lowest BCUT2D eigenvalue weighted by Gasteiger charge is -2.38. The molecule has 2 heterocycles. The van der Waals surface area contributed by atoms with Gasteiger partial charge in [-0.1, -0.05) is 39.0 Å². The van der Waals surface area contributed by atoms with Gasteiger partial charge < -0.3 is 10.1 Å². The quantitative estimate of drug-likeness (QED) is 0.480. The molecule has 4 rings (SSSR count). The van der Waals surface area contributed by atoms with E-state index in [9.17, 15) is 18.0 Å². The second-order valence-electron chi connectivity index (χ2n) is 10.9. The second kappa shape index (κ2) is 13.3. The molecule has 3 aliphatic rings. The van der Waals surface area contributed by atoms with E-state index in [-0.39, 0.29) is 29.9 Å². The zero-order valence-corrected chi connectivity index (χ0v) is 23.8. The summed E-state index contributed by atoms with van der Waals surface area (Å²) in [5.74, 6) is -0.215. The van der Waals surface area contributed by atoms with Crippen molar-refractivity contribution in [2.24, 2.45) is 0 Å². The van der Waals surface area contributed by atoms with Crippen LogP contribution in [0.1, 0.15) is 78.1 Å². The smallest absolute Gasteiger partial charge is 0.265 e.